The predicted molar refractivity (Wildman–Crippen MR) is 74.7 cm³/mol. The first-order valence-electron chi connectivity index (χ1n) is 7.12. The molecule has 1 aromatic rings. The maximum atomic E-state index is 12.9. The van der Waals surface area contributed by atoms with E-state index in [0.717, 1.165) is 6.07 Å². The van der Waals surface area contributed by atoms with Crippen molar-refractivity contribution in [2.45, 2.75) is 42.9 Å². The lowest BCUT2D eigenvalue weighted by Crippen LogP contribution is -2.38. The number of nitrogens with zero attached hydrogens (tertiary/aromatic N) is 1. The van der Waals surface area contributed by atoms with Gasteiger partial charge in [-0.1, -0.05) is 12.1 Å². The third-order valence-corrected chi connectivity index (χ3v) is 6.43. The monoisotopic (exact) mass is 347 g/mol. The number of rotatable bonds is 5. The molecule has 0 saturated carbocycles. The number of hydrogen-bond donors (Lipinski definition) is 1. The standard InChI is InChI=1S/C14H15F2NO5S/c15-14(16)22-11-3-1-2-4-12(11)23(20,21)17-8-5-6-10(17)9(7-8)13(18)19/h1-4,8-10,14H,5-7H2,(H,18,19). The van der Waals surface area contributed by atoms with E-state index in [0.29, 0.717) is 12.8 Å². The number of halogens is 2. The third-order valence-electron chi connectivity index (χ3n) is 4.41. The quantitative estimate of drug-likeness (QED) is 0.880. The molecule has 1 N–H and O–H groups in total. The molecule has 3 atom stereocenters. The molecule has 3 rings (SSSR count). The smallest absolute Gasteiger partial charge is 0.387 e. The number of carboxylic acid groups (broad SMARTS) is 1. The van der Waals surface area contributed by atoms with Crippen LogP contribution in [0.15, 0.2) is 29.2 Å². The van der Waals surface area contributed by atoms with E-state index in [1.54, 1.807) is 0 Å². The Morgan fingerprint density at radius 2 is 2.00 bits per heavy atom. The van der Waals surface area contributed by atoms with Gasteiger partial charge in [0.1, 0.15) is 10.6 Å². The van der Waals surface area contributed by atoms with E-state index in [-0.39, 0.29) is 11.3 Å². The molecule has 9 heteroatoms. The van der Waals surface area contributed by atoms with E-state index in [9.17, 15) is 27.1 Å². The molecule has 6 nitrogen and oxygen atoms in total. The van der Waals surface area contributed by atoms with Crippen molar-refractivity contribution in [3.8, 4) is 5.75 Å². The number of para-hydroxylation sites is 1. The van der Waals surface area contributed by atoms with Gasteiger partial charge in [0.05, 0.1) is 5.92 Å². The summed E-state index contributed by atoms with van der Waals surface area (Å²) in [5.74, 6) is -2.22. The Kier molecular flexibility index (Phi) is 4.01. The Hall–Kier alpha value is -1.74. The Labute approximate surface area is 131 Å². The van der Waals surface area contributed by atoms with Gasteiger partial charge in [0.2, 0.25) is 10.0 Å². The number of fused-ring (bicyclic) bond motifs is 2. The first kappa shape index (κ1) is 16.1. The van der Waals surface area contributed by atoms with Crippen LogP contribution in [0.4, 0.5) is 8.78 Å². The normalized spacial score (nSPS) is 27.5. The largest absolute Gasteiger partial charge is 0.481 e. The Morgan fingerprint density at radius 3 is 2.61 bits per heavy atom. The van der Waals surface area contributed by atoms with Crippen molar-refractivity contribution in [2.75, 3.05) is 0 Å². The molecule has 2 aliphatic heterocycles. The highest BCUT2D eigenvalue weighted by atomic mass is 32.2. The van der Waals surface area contributed by atoms with E-state index in [1.807, 2.05) is 0 Å². The molecule has 2 bridgehead atoms. The fourth-order valence-electron chi connectivity index (χ4n) is 3.55. The van der Waals surface area contributed by atoms with Crippen molar-refractivity contribution < 1.29 is 31.8 Å². The van der Waals surface area contributed by atoms with Crippen molar-refractivity contribution in [1.82, 2.24) is 4.31 Å². The topological polar surface area (TPSA) is 83.9 Å². The maximum Gasteiger partial charge on any atom is 0.387 e. The molecular formula is C14H15F2NO5S. The summed E-state index contributed by atoms with van der Waals surface area (Å²) in [5, 5.41) is 9.22. The second kappa shape index (κ2) is 5.72. The summed E-state index contributed by atoms with van der Waals surface area (Å²) < 4.78 is 56.2. The number of sulfonamides is 1. The second-order valence-corrected chi connectivity index (χ2v) is 7.45. The summed E-state index contributed by atoms with van der Waals surface area (Å²) in [7, 11) is -4.11. The van der Waals surface area contributed by atoms with Crippen LogP contribution in [0.1, 0.15) is 19.3 Å². The van der Waals surface area contributed by atoms with Crippen molar-refractivity contribution in [3.05, 3.63) is 24.3 Å². The molecular weight excluding hydrogens is 332 g/mol. The minimum atomic E-state index is -4.11. The third kappa shape index (κ3) is 2.67. The SMILES string of the molecule is O=C(O)C1CC2CCC1N2S(=O)(=O)c1ccccc1OC(F)F. The summed E-state index contributed by atoms with van der Waals surface area (Å²) in [6, 6.07) is 4.12. The summed E-state index contributed by atoms with van der Waals surface area (Å²) in [6.07, 6.45) is 1.28. The molecule has 0 aliphatic carbocycles. The van der Waals surface area contributed by atoms with Crippen LogP contribution in [0.5, 0.6) is 5.75 Å². The first-order chi connectivity index (χ1) is 10.8. The van der Waals surface area contributed by atoms with Crippen LogP contribution in [0, 0.1) is 5.92 Å². The Bertz CT molecular complexity index is 724. The van der Waals surface area contributed by atoms with E-state index in [4.69, 9.17) is 0 Å². The zero-order valence-electron chi connectivity index (χ0n) is 11.9. The first-order valence-corrected chi connectivity index (χ1v) is 8.56. The zero-order valence-corrected chi connectivity index (χ0v) is 12.7. The number of hydrogen-bond acceptors (Lipinski definition) is 4. The zero-order chi connectivity index (χ0) is 16.8. The highest BCUT2D eigenvalue weighted by molar-refractivity contribution is 7.89. The number of carboxylic acids is 1. The van der Waals surface area contributed by atoms with E-state index >= 15 is 0 Å². The molecule has 2 saturated heterocycles. The van der Waals surface area contributed by atoms with Crippen LogP contribution in [0.3, 0.4) is 0 Å². The van der Waals surface area contributed by atoms with Gasteiger partial charge in [-0.05, 0) is 31.4 Å². The van der Waals surface area contributed by atoms with Gasteiger partial charge in [0, 0.05) is 12.1 Å². The minimum absolute atomic E-state index is 0.247. The number of benzene rings is 1. The van der Waals surface area contributed by atoms with Crippen molar-refractivity contribution in [3.63, 3.8) is 0 Å². The lowest BCUT2D eigenvalue weighted by molar-refractivity contribution is -0.142. The van der Waals surface area contributed by atoms with Gasteiger partial charge >= 0.3 is 12.6 Å². The average molecular weight is 347 g/mol. The number of aliphatic carboxylic acids is 1. The molecule has 3 unspecified atom stereocenters. The molecule has 0 amide bonds. The number of carbonyl (C=O) groups is 1. The Balaban J connectivity index is 1.99. The van der Waals surface area contributed by atoms with Gasteiger partial charge in [-0.15, -0.1) is 0 Å². The van der Waals surface area contributed by atoms with Crippen molar-refractivity contribution in [1.29, 1.82) is 0 Å². The average Bonchev–Trinajstić information content (AvgIpc) is 3.05. The molecule has 23 heavy (non-hydrogen) atoms. The molecule has 2 aliphatic rings. The highest BCUT2D eigenvalue weighted by Crippen LogP contribution is 2.46. The number of ether oxygens (including phenoxy) is 1. The fraction of sp³-hybridized carbons (Fsp3) is 0.500. The van der Waals surface area contributed by atoms with Crippen LogP contribution in [-0.4, -0.2) is 42.5 Å². The van der Waals surface area contributed by atoms with E-state index in [2.05, 4.69) is 4.74 Å². The van der Waals surface area contributed by atoms with Crippen LogP contribution < -0.4 is 4.74 Å². The molecule has 0 radical (unpaired) electrons. The summed E-state index contributed by atoms with van der Waals surface area (Å²) in [4.78, 5) is 10.9. The van der Waals surface area contributed by atoms with Gasteiger partial charge in [0.15, 0.2) is 0 Å². The molecule has 1 aromatic carbocycles. The van der Waals surface area contributed by atoms with Gasteiger partial charge in [-0.25, -0.2) is 8.42 Å². The summed E-state index contributed by atoms with van der Waals surface area (Å²) in [5.41, 5.74) is 0. The maximum absolute atomic E-state index is 12.9. The molecule has 2 fully saturated rings. The minimum Gasteiger partial charge on any atom is -0.481 e. The van der Waals surface area contributed by atoms with Crippen molar-refractivity contribution in [2.24, 2.45) is 5.92 Å². The van der Waals surface area contributed by atoms with Crippen LogP contribution >= 0.6 is 0 Å². The molecule has 2 heterocycles. The van der Waals surface area contributed by atoms with Crippen LogP contribution in [0.2, 0.25) is 0 Å². The van der Waals surface area contributed by atoms with Crippen LogP contribution in [-0.2, 0) is 14.8 Å². The van der Waals surface area contributed by atoms with Crippen LogP contribution in [0.25, 0.3) is 0 Å². The van der Waals surface area contributed by atoms with Gasteiger partial charge in [0.25, 0.3) is 0 Å². The van der Waals surface area contributed by atoms with Crippen molar-refractivity contribution >= 4 is 16.0 Å². The van der Waals surface area contributed by atoms with E-state index < -0.39 is 46.4 Å². The van der Waals surface area contributed by atoms with Gasteiger partial charge < -0.3 is 9.84 Å². The number of alkyl halides is 2. The van der Waals surface area contributed by atoms with Gasteiger partial charge in [-0.3, -0.25) is 4.79 Å². The lowest BCUT2D eigenvalue weighted by Gasteiger charge is -2.23. The second-order valence-electron chi connectivity index (χ2n) is 5.64. The molecule has 0 spiro atoms. The lowest BCUT2D eigenvalue weighted by atomic mass is 9.89. The Morgan fingerprint density at radius 1 is 1.30 bits per heavy atom. The highest BCUT2D eigenvalue weighted by Gasteiger charge is 2.54. The summed E-state index contributed by atoms with van der Waals surface area (Å²) >= 11 is 0. The fourth-order valence-corrected chi connectivity index (χ4v) is 5.59. The summed E-state index contributed by atoms with van der Waals surface area (Å²) in [6.45, 7) is -3.14. The molecule has 126 valence electrons. The predicted octanol–water partition coefficient (Wildman–Crippen LogP) is 1.91. The van der Waals surface area contributed by atoms with E-state index in [1.165, 1.54) is 22.5 Å². The van der Waals surface area contributed by atoms with Gasteiger partial charge in [-0.2, -0.15) is 13.1 Å². The molecule has 0 aromatic heterocycles.